The number of nitrogens with two attached hydrogens (primary N) is 2. The van der Waals surface area contributed by atoms with E-state index < -0.39 is 11.8 Å². The number of nitrogens with zero attached hydrogens (tertiary/aromatic N) is 1. The summed E-state index contributed by atoms with van der Waals surface area (Å²) in [6.45, 7) is 0. The van der Waals surface area contributed by atoms with Gasteiger partial charge >= 0.3 is 0 Å². The lowest BCUT2D eigenvalue weighted by atomic mass is 10.0. The van der Waals surface area contributed by atoms with Gasteiger partial charge in [0, 0.05) is 33.3 Å². The summed E-state index contributed by atoms with van der Waals surface area (Å²) in [5.74, 6) is -1.05. The highest BCUT2D eigenvalue weighted by Crippen LogP contribution is 2.19. The number of fused-ring (bicyclic) bond motifs is 3. The number of aromatic nitrogens is 1. The third kappa shape index (κ3) is 4.33. The molecule has 5 aromatic rings. The number of carbonyl (C=O) groups excluding carboxylic acids is 4. The normalized spacial score (nSPS) is 10.5. The van der Waals surface area contributed by atoms with Gasteiger partial charge in [-0.1, -0.05) is 18.2 Å². The number of rotatable bonds is 4. The number of benzene rings is 4. The molecule has 2 bridgehead atoms. The maximum absolute atomic E-state index is 12.3. The summed E-state index contributed by atoms with van der Waals surface area (Å²) < 4.78 is 1.64. The van der Waals surface area contributed by atoms with Crippen LogP contribution in [0.3, 0.4) is 0 Å². The molecular weight excluding hydrogens is 418 g/mol. The second-order valence-corrected chi connectivity index (χ2v) is 7.40. The summed E-state index contributed by atoms with van der Waals surface area (Å²) in [6.07, 6.45) is 0.793. The van der Waals surface area contributed by atoms with Crippen LogP contribution in [-0.2, 0) is 0 Å². The van der Waals surface area contributed by atoms with Crippen molar-refractivity contribution in [1.82, 2.24) is 4.57 Å². The molecule has 3 aromatic carbocycles. The Morgan fingerprint density at radius 3 is 1.64 bits per heavy atom. The van der Waals surface area contributed by atoms with E-state index in [0.29, 0.717) is 22.3 Å². The number of hydrogen-bond donors (Lipinski definition) is 2. The molecule has 5 rings (SSSR count). The number of hydrogen-bond acceptors (Lipinski definition) is 4. The number of aldehydes is 1. The van der Waals surface area contributed by atoms with Crippen molar-refractivity contribution in [3.05, 3.63) is 107 Å². The quantitative estimate of drug-likeness (QED) is 0.417. The Labute approximate surface area is 188 Å². The molecule has 0 fully saturated rings. The molecule has 0 unspecified atom stereocenters. The molecule has 2 aromatic heterocycles. The van der Waals surface area contributed by atoms with Gasteiger partial charge in [0.15, 0.2) is 0 Å². The van der Waals surface area contributed by atoms with Gasteiger partial charge in [0.2, 0.25) is 11.8 Å². The molecule has 0 spiro atoms. The van der Waals surface area contributed by atoms with E-state index in [0.717, 1.165) is 28.1 Å². The zero-order valence-electron chi connectivity index (χ0n) is 17.4. The molecule has 0 aliphatic rings. The first kappa shape index (κ1) is 21.5. The summed E-state index contributed by atoms with van der Waals surface area (Å²) in [7, 11) is 0. The summed E-state index contributed by atoms with van der Waals surface area (Å²) in [6, 6.07) is 24.3. The van der Waals surface area contributed by atoms with Crippen LogP contribution in [0.5, 0.6) is 0 Å². The van der Waals surface area contributed by atoms with Crippen molar-refractivity contribution in [2.45, 2.75) is 0 Å². The Hall–Kier alpha value is -4.78. The third-order valence-electron chi connectivity index (χ3n) is 5.27. The molecule has 0 aliphatic heterocycles. The van der Waals surface area contributed by atoms with Crippen molar-refractivity contribution in [3.63, 3.8) is 0 Å². The average molecular weight is 437 g/mol. The van der Waals surface area contributed by atoms with Crippen LogP contribution in [0.2, 0.25) is 0 Å². The fraction of sp³-hybridized carbons (Fsp3) is 0. The molecule has 7 heteroatoms. The first-order valence-electron chi connectivity index (χ1n) is 10.0. The Balaban J connectivity index is 0.000000160. The molecule has 0 radical (unpaired) electrons. The number of amides is 2. The molecule has 4 N–H and O–H groups in total. The highest BCUT2D eigenvalue weighted by atomic mass is 16.2. The van der Waals surface area contributed by atoms with Gasteiger partial charge < -0.3 is 11.5 Å². The van der Waals surface area contributed by atoms with E-state index in [2.05, 4.69) is 0 Å². The van der Waals surface area contributed by atoms with Gasteiger partial charge in [-0.3, -0.25) is 23.7 Å². The van der Waals surface area contributed by atoms with Crippen LogP contribution in [0, 0.1) is 0 Å². The molecule has 2 heterocycles. The second kappa shape index (κ2) is 8.76. The molecule has 0 saturated carbocycles. The van der Waals surface area contributed by atoms with Crippen LogP contribution in [-0.4, -0.2) is 28.6 Å². The number of primary amides is 2. The van der Waals surface area contributed by atoms with Crippen LogP contribution in [0.25, 0.3) is 21.8 Å². The Bertz CT molecular complexity index is 1450. The monoisotopic (exact) mass is 437 g/mol. The molecule has 0 aliphatic carbocycles. The minimum atomic E-state index is -0.498. The van der Waals surface area contributed by atoms with Crippen LogP contribution in [0.15, 0.2) is 84.9 Å². The minimum Gasteiger partial charge on any atom is -0.366 e. The first-order valence-corrected chi connectivity index (χ1v) is 10.0. The van der Waals surface area contributed by atoms with Crippen LogP contribution in [0.4, 0.5) is 0 Å². The highest BCUT2D eigenvalue weighted by molar-refractivity contribution is 6.04. The largest absolute Gasteiger partial charge is 0.366 e. The van der Waals surface area contributed by atoms with Crippen molar-refractivity contribution in [2.24, 2.45) is 11.5 Å². The highest BCUT2D eigenvalue weighted by Gasteiger charge is 2.14. The van der Waals surface area contributed by atoms with E-state index in [4.69, 9.17) is 11.5 Å². The Morgan fingerprint density at radius 1 is 0.606 bits per heavy atom. The molecule has 33 heavy (non-hydrogen) atoms. The molecule has 162 valence electrons. The van der Waals surface area contributed by atoms with Crippen LogP contribution < -0.4 is 11.5 Å². The molecule has 0 atom stereocenters. The van der Waals surface area contributed by atoms with E-state index in [1.54, 1.807) is 65.2 Å². The van der Waals surface area contributed by atoms with Crippen molar-refractivity contribution >= 4 is 45.8 Å². The van der Waals surface area contributed by atoms with Crippen molar-refractivity contribution < 1.29 is 19.2 Å². The summed E-state index contributed by atoms with van der Waals surface area (Å²) in [4.78, 5) is 44.7. The lowest BCUT2D eigenvalue weighted by Gasteiger charge is -2.03. The Morgan fingerprint density at radius 2 is 1.09 bits per heavy atom. The van der Waals surface area contributed by atoms with Gasteiger partial charge in [-0.05, 0) is 77.5 Å². The molecule has 7 nitrogen and oxygen atoms in total. The first-order chi connectivity index (χ1) is 15.9. The van der Waals surface area contributed by atoms with Crippen LogP contribution in [0.1, 0.15) is 41.4 Å². The molecule has 0 saturated heterocycles. The smallest absolute Gasteiger partial charge is 0.262 e. The summed E-state index contributed by atoms with van der Waals surface area (Å²) in [5, 5.41) is 1.82. The van der Waals surface area contributed by atoms with E-state index in [9.17, 15) is 19.2 Å². The van der Waals surface area contributed by atoms with E-state index in [1.165, 1.54) is 0 Å². The zero-order chi connectivity index (χ0) is 23.5. The molecular formula is C26H19N3O4. The van der Waals surface area contributed by atoms with E-state index >= 15 is 0 Å². The van der Waals surface area contributed by atoms with Gasteiger partial charge in [-0.15, -0.1) is 0 Å². The predicted molar refractivity (Wildman–Crippen MR) is 126 cm³/mol. The lowest BCUT2D eigenvalue weighted by molar-refractivity contribution is 0.0964. The Kier molecular flexibility index (Phi) is 5.69. The maximum Gasteiger partial charge on any atom is 0.262 e. The standard InChI is InChI=1S/C14H10N2O2.C12H9NO2/c15-13(17)9-1-3-10(4-2-9)14(18)16-11-5-6-12(16)8-7-11;13-12(15)11-4-3-9-5-8(7-14)1-2-10(9)6-11/h1-8H,(H2,15,17);1-7H,(H2,13,15). The van der Waals surface area contributed by atoms with E-state index in [1.807, 2.05) is 24.3 Å². The van der Waals surface area contributed by atoms with Gasteiger partial charge in [-0.25, -0.2) is 0 Å². The van der Waals surface area contributed by atoms with Crippen molar-refractivity contribution in [2.75, 3.05) is 0 Å². The second-order valence-electron chi connectivity index (χ2n) is 7.40. The SMILES string of the molecule is NC(=O)c1ccc(C(=O)n2c3ccc2cc3)cc1.NC(=O)c1ccc2cc(C=O)ccc2c1. The van der Waals surface area contributed by atoms with Crippen molar-refractivity contribution in [3.8, 4) is 0 Å². The predicted octanol–water partition coefficient (Wildman–Crippen LogP) is 3.62. The molecule has 2 amide bonds. The fourth-order valence-corrected chi connectivity index (χ4v) is 3.53. The van der Waals surface area contributed by atoms with Crippen molar-refractivity contribution in [1.29, 1.82) is 0 Å². The lowest BCUT2D eigenvalue weighted by Crippen LogP contribution is -2.13. The minimum absolute atomic E-state index is 0.106. The topological polar surface area (TPSA) is 125 Å². The average Bonchev–Trinajstić information content (AvgIpc) is 3.44. The number of carbonyl (C=O) groups is 4. The third-order valence-corrected chi connectivity index (χ3v) is 5.27. The van der Waals surface area contributed by atoms with Gasteiger partial charge in [0.25, 0.3) is 5.91 Å². The zero-order valence-corrected chi connectivity index (χ0v) is 17.4. The fourth-order valence-electron chi connectivity index (χ4n) is 3.53. The maximum atomic E-state index is 12.3. The van der Waals surface area contributed by atoms with Gasteiger partial charge in [0.05, 0.1) is 0 Å². The van der Waals surface area contributed by atoms with Crippen LogP contribution >= 0.6 is 0 Å². The summed E-state index contributed by atoms with van der Waals surface area (Å²) in [5.41, 5.74) is 14.1. The van der Waals surface area contributed by atoms with E-state index in [-0.39, 0.29) is 5.91 Å². The summed E-state index contributed by atoms with van der Waals surface area (Å²) >= 11 is 0. The van der Waals surface area contributed by atoms with Gasteiger partial charge in [-0.2, -0.15) is 0 Å². The van der Waals surface area contributed by atoms with Gasteiger partial charge in [0.1, 0.15) is 6.29 Å².